The van der Waals surface area contributed by atoms with Gasteiger partial charge in [-0.15, -0.1) is 11.3 Å². The average molecular weight is 313 g/mol. The van der Waals surface area contributed by atoms with Crippen molar-refractivity contribution in [1.29, 1.82) is 0 Å². The van der Waals surface area contributed by atoms with Gasteiger partial charge >= 0.3 is 0 Å². The summed E-state index contributed by atoms with van der Waals surface area (Å²) < 4.78 is 0. The second kappa shape index (κ2) is 7.10. The second-order valence-electron chi connectivity index (χ2n) is 6.23. The maximum absolute atomic E-state index is 12.2. The van der Waals surface area contributed by atoms with Crippen LogP contribution in [0.25, 0.3) is 0 Å². The zero-order valence-corrected chi connectivity index (χ0v) is 13.9. The monoisotopic (exact) mass is 313 g/mol. The molecule has 22 heavy (non-hydrogen) atoms. The van der Waals surface area contributed by atoms with E-state index in [1.165, 1.54) is 28.8 Å². The molecule has 1 saturated carbocycles. The van der Waals surface area contributed by atoms with E-state index in [-0.39, 0.29) is 11.9 Å². The van der Waals surface area contributed by atoms with Crippen molar-refractivity contribution >= 4 is 17.2 Å². The molecular weight excluding hydrogens is 290 g/mol. The fourth-order valence-electron chi connectivity index (χ4n) is 2.80. The third-order valence-corrected chi connectivity index (χ3v) is 5.19. The minimum absolute atomic E-state index is 0.189. The lowest BCUT2D eigenvalue weighted by Gasteiger charge is -2.19. The van der Waals surface area contributed by atoms with E-state index in [4.69, 9.17) is 0 Å². The normalized spacial score (nSPS) is 15.5. The molecule has 0 saturated heterocycles. The van der Waals surface area contributed by atoms with Gasteiger partial charge in [0.25, 0.3) is 0 Å². The van der Waals surface area contributed by atoms with Gasteiger partial charge in [-0.2, -0.15) is 0 Å². The molecule has 1 aromatic carbocycles. The topological polar surface area (TPSA) is 29.1 Å². The predicted octanol–water partition coefficient (Wildman–Crippen LogP) is 4.65. The lowest BCUT2D eigenvalue weighted by Crippen LogP contribution is -2.29. The van der Waals surface area contributed by atoms with Crippen LogP contribution in [0.5, 0.6) is 0 Å². The van der Waals surface area contributed by atoms with Crippen molar-refractivity contribution in [2.75, 3.05) is 0 Å². The predicted molar refractivity (Wildman–Crippen MR) is 92.0 cm³/mol. The molecule has 1 aliphatic rings. The van der Waals surface area contributed by atoms with E-state index < -0.39 is 0 Å². The van der Waals surface area contributed by atoms with Crippen molar-refractivity contribution in [3.8, 4) is 0 Å². The molecule has 2 nitrogen and oxygen atoms in total. The minimum Gasteiger partial charge on any atom is -0.349 e. The number of aryl methyl sites for hydroxylation is 2. The number of carbonyl (C=O) groups is 1. The summed E-state index contributed by atoms with van der Waals surface area (Å²) >= 11 is 1.77. The molecule has 0 aliphatic heterocycles. The van der Waals surface area contributed by atoms with Crippen LogP contribution in [0, 0.1) is 12.8 Å². The van der Waals surface area contributed by atoms with Crippen molar-refractivity contribution in [3.63, 3.8) is 0 Å². The molecule has 0 bridgehead atoms. The van der Waals surface area contributed by atoms with E-state index in [1.54, 1.807) is 11.3 Å². The summed E-state index contributed by atoms with van der Waals surface area (Å²) in [7, 11) is 0. The number of hydrogen-bond donors (Lipinski definition) is 1. The second-order valence-corrected chi connectivity index (χ2v) is 7.26. The van der Waals surface area contributed by atoms with Gasteiger partial charge in [0.05, 0.1) is 6.04 Å². The fraction of sp³-hybridized carbons (Fsp3) is 0.421. The summed E-state index contributed by atoms with van der Waals surface area (Å²) in [6.07, 6.45) is 5.01. The molecule has 1 N–H and O–H groups in total. The molecule has 3 heteroatoms. The van der Waals surface area contributed by atoms with Crippen LogP contribution < -0.4 is 5.32 Å². The molecule has 0 radical (unpaired) electrons. The van der Waals surface area contributed by atoms with Gasteiger partial charge in [0.1, 0.15) is 0 Å². The Hall–Kier alpha value is -1.61. The highest BCUT2D eigenvalue weighted by Gasteiger charge is 2.33. The molecular formula is C19H23NOS. The standard InChI is InChI=1S/C19H23NOS/c1-14-7-9-15(10-8-14)19(16-11-12-16)20-18(21)6-2-4-17-5-3-13-22-17/h3,5,7-10,13,16,19H,2,4,6,11-12H2,1H3,(H,20,21)/t19-/m0/s1. The number of carbonyl (C=O) groups excluding carboxylic acids is 1. The summed E-state index contributed by atoms with van der Waals surface area (Å²) in [5.74, 6) is 0.818. The lowest BCUT2D eigenvalue weighted by atomic mass is 10.0. The quantitative estimate of drug-likeness (QED) is 0.792. The van der Waals surface area contributed by atoms with Crippen LogP contribution in [-0.4, -0.2) is 5.91 Å². The number of hydrogen-bond acceptors (Lipinski definition) is 2. The van der Waals surface area contributed by atoms with E-state index in [0.29, 0.717) is 12.3 Å². The van der Waals surface area contributed by atoms with Crippen molar-refractivity contribution in [2.24, 2.45) is 5.92 Å². The fourth-order valence-corrected chi connectivity index (χ4v) is 3.55. The number of thiophene rings is 1. The van der Waals surface area contributed by atoms with Crippen LogP contribution in [0.15, 0.2) is 41.8 Å². The molecule has 1 aliphatic carbocycles. The van der Waals surface area contributed by atoms with E-state index >= 15 is 0 Å². The first kappa shape index (κ1) is 15.3. The SMILES string of the molecule is Cc1ccc([C@H](NC(=O)CCCc2cccs2)C2CC2)cc1. The van der Waals surface area contributed by atoms with Gasteiger partial charge in [-0.1, -0.05) is 35.9 Å². The molecule has 1 amide bonds. The van der Waals surface area contributed by atoms with Gasteiger partial charge in [-0.25, -0.2) is 0 Å². The Kier molecular flexibility index (Phi) is 4.94. The van der Waals surface area contributed by atoms with Crippen LogP contribution in [0.1, 0.15) is 47.7 Å². The van der Waals surface area contributed by atoms with Gasteiger partial charge in [0, 0.05) is 11.3 Å². The summed E-state index contributed by atoms with van der Waals surface area (Å²) in [6, 6.07) is 13.0. The van der Waals surface area contributed by atoms with Crippen molar-refractivity contribution in [3.05, 3.63) is 57.8 Å². The zero-order valence-electron chi connectivity index (χ0n) is 13.0. The number of rotatable bonds is 7. The van der Waals surface area contributed by atoms with Gasteiger partial charge < -0.3 is 5.32 Å². The maximum atomic E-state index is 12.2. The number of amides is 1. The molecule has 116 valence electrons. The van der Waals surface area contributed by atoms with E-state index in [2.05, 4.69) is 54.0 Å². The molecule has 0 unspecified atom stereocenters. The zero-order chi connectivity index (χ0) is 15.4. The Morgan fingerprint density at radius 2 is 2.05 bits per heavy atom. The van der Waals surface area contributed by atoms with Crippen LogP contribution in [-0.2, 0) is 11.2 Å². The van der Waals surface area contributed by atoms with E-state index in [0.717, 1.165) is 12.8 Å². The van der Waals surface area contributed by atoms with Gasteiger partial charge in [0.15, 0.2) is 0 Å². The van der Waals surface area contributed by atoms with Gasteiger partial charge in [0.2, 0.25) is 5.91 Å². The molecule has 0 spiro atoms. The van der Waals surface area contributed by atoms with Crippen LogP contribution >= 0.6 is 11.3 Å². The van der Waals surface area contributed by atoms with Gasteiger partial charge in [-0.3, -0.25) is 4.79 Å². The average Bonchev–Trinajstić information content (AvgIpc) is 3.23. The highest BCUT2D eigenvalue weighted by atomic mass is 32.1. The third-order valence-electron chi connectivity index (χ3n) is 4.25. The Bertz CT molecular complexity index is 599. The summed E-state index contributed by atoms with van der Waals surface area (Å²) in [6.45, 7) is 2.10. The van der Waals surface area contributed by atoms with Crippen molar-refractivity contribution in [1.82, 2.24) is 5.32 Å². The minimum atomic E-state index is 0.189. The van der Waals surface area contributed by atoms with E-state index in [9.17, 15) is 4.79 Å². The molecule has 1 fully saturated rings. The first-order chi connectivity index (χ1) is 10.7. The Morgan fingerprint density at radius 3 is 2.68 bits per heavy atom. The maximum Gasteiger partial charge on any atom is 0.220 e. The Morgan fingerprint density at radius 1 is 1.27 bits per heavy atom. The lowest BCUT2D eigenvalue weighted by molar-refractivity contribution is -0.122. The van der Waals surface area contributed by atoms with Crippen molar-refractivity contribution < 1.29 is 4.79 Å². The molecule has 1 aromatic heterocycles. The Labute approximate surface area is 136 Å². The summed E-state index contributed by atoms with van der Waals surface area (Å²) in [5, 5.41) is 5.35. The third kappa shape index (κ3) is 4.20. The molecule has 1 heterocycles. The largest absolute Gasteiger partial charge is 0.349 e. The molecule has 3 rings (SSSR count). The number of benzene rings is 1. The van der Waals surface area contributed by atoms with Crippen LogP contribution in [0.4, 0.5) is 0 Å². The Balaban J connectivity index is 1.52. The van der Waals surface area contributed by atoms with Crippen LogP contribution in [0.2, 0.25) is 0 Å². The summed E-state index contributed by atoms with van der Waals surface area (Å²) in [5.41, 5.74) is 2.51. The highest BCUT2D eigenvalue weighted by molar-refractivity contribution is 7.09. The van der Waals surface area contributed by atoms with Crippen molar-refractivity contribution in [2.45, 2.75) is 45.1 Å². The van der Waals surface area contributed by atoms with Crippen LogP contribution in [0.3, 0.4) is 0 Å². The van der Waals surface area contributed by atoms with Gasteiger partial charge in [-0.05, 0) is 55.5 Å². The molecule has 2 aromatic rings. The first-order valence-corrected chi connectivity index (χ1v) is 8.98. The first-order valence-electron chi connectivity index (χ1n) is 8.10. The molecule has 1 atom stereocenters. The highest BCUT2D eigenvalue weighted by Crippen LogP contribution is 2.41. The smallest absolute Gasteiger partial charge is 0.220 e. The summed E-state index contributed by atoms with van der Waals surface area (Å²) in [4.78, 5) is 13.6. The van der Waals surface area contributed by atoms with E-state index in [1.807, 2.05) is 0 Å². The number of nitrogens with one attached hydrogen (secondary N) is 1.